The van der Waals surface area contributed by atoms with Gasteiger partial charge in [0.1, 0.15) is 17.7 Å². The molecule has 1 saturated heterocycles. The van der Waals surface area contributed by atoms with Crippen molar-refractivity contribution in [3.63, 3.8) is 0 Å². The Morgan fingerprint density at radius 2 is 1.87 bits per heavy atom. The molecular formula is C22H21F3N4O2. The second-order valence-corrected chi connectivity index (χ2v) is 7.46. The molecule has 1 fully saturated rings. The van der Waals surface area contributed by atoms with E-state index in [4.69, 9.17) is 4.74 Å². The number of morpholine rings is 1. The quantitative estimate of drug-likeness (QED) is 0.679. The highest BCUT2D eigenvalue weighted by Crippen LogP contribution is 2.31. The molecule has 2 aromatic heterocycles. The smallest absolute Gasteiger partial charge is 0.370 e. The number of rotatable bonds is 3. The van der Waals surface area contributed by atoms with E-state index in [-0.39, 0.29) is 11.7 Å². The van der Waals surface area contributed by atoms with E-state index in [0.717, 1.165) is 18.0 Å². The predicted molar refractivity (Wildman–Crippen MR) is 110 cm³/mol. The van der Waals surface area contributed by atoms with Crippen LogP contribution in [0.4, 0.5) is 19.0 Å². The van der Waals surface area contributed by atoms with Crippen molar-refractivity contribution in [2.45, 2.75) is 26.1 Å². The van der Waals surface area contributed by atoms with E-state index in [1.54, 1.807) is 20.0 Å². The lowest BCUT2D eigenvalue weighted by molar-refractivity contribution is -0.137. The van der Waals surface area contributed by atoms with Crippen LogP contribution in [-0.4, -0.2) is 34.6 Å². The first-order chi connectivity index (χ1) is 14.7. The van der Waals surface area contributed by atoms with Gasteiger partial charge in [0.25, 0.3) is 5.56 Å². The van der Waals surface area contributed by atoms with Gasteiger partial charge in [-0.05, 0) is 43.7 Å². The standard InChI is InChI=1S/C22H21F3N4O2/c1-13-14(2)27-20(28-21(13)30)16-5-8-19(26-11-16)29-9-10-31-18(12-29)15-3-6-17(7-4-15)22(23,24)25/h3-8,11,18H,9-10,12H2,1-2H3,(H,27,28,30). The van der Waals surface area contributed by atoms with Crippen molar-refractivity contribution < 1.29 is 17.9 Å². The third kappa shape index (κ3) is 4.46. The zero-order valence-electron chi connectivity index (χ0n) is 17.0. The summed E-state index contributed by atoms with van der Waals surface area (Å²) < 4.78 is 44.1. The van der Waals surface area contributed by atoms with Gasteiger partial charge in [0.2, 0.25) is 0 Å². The van der Waals surface area contributed by atoms with Crippen molar-refractivity contribution in [2.24, 2.45) is 0 Å². The molecule has 6 nitrogen and oxygen atoms in total. The molecule has 31 heavy (non-hydrogen) atoms. The number of halogens is 3. The van der Waals surface area contributed by atoms with Gasteiger partial charge in [-0.1, -0.05) is 12.1 Å². The number of H-pyrrole nitrogens is 1. The first-order valence-electron chi connectivity index (χ1n) is 9.80. The second-order valence-electron chi connectivity index (χ2n) is 7.46. The number of pyridine rings is 1. The molecule has 1 aliphatic rings. The normalized spacial score (nSPS) is 17.1. The minimum Gasteiger partial charge on any atom is -0.370 e. The van der Waals surface area contributed by atoms with Crippen LogP contribution >= 0.6 is 0 Å². The Balaban J connectivity index is 1.50. The third-order valence-corrected chi connectivity index (χ3v) is 5.42. The Kier molecular flexibility index (Phi) is 5.53. The number of nitrogens with zero attached hydrogens (tertiary/aromatic N) is 3. The molecule has 1 N–H and O–H groups in total. The number of aryl methyl sites for hydroxylation is 1. The number of ether oxygens (including phenoxy) is 1. The van der Waals surface area contributed by atoms with Crippen molar-refractivity contribution in [1.29, 1.82) is 0 Å². The summed E-state index contributed by atoms with van der Waals surface area (Å²) in [6.07, 6.45) is -3.07. The van der Waals surface area contributed by atoms with Crippen molar-refractivity contribution >= 4 is 5.82 Å². The van der Waals surface area contributed by atoms with Crippen LogP contribution in [0.1, 0.15) is 28.5 Å². The van der Waals surface area contributed by atoms with E-state index in [2.05, 4.69) is 15.0 Å². The summed E-state index contributed by atoms with van der Waals surface area (Å²) in [6.45, 7) is 5.02. The zero-order valence-corrected chi connectivity index (χ0v) is 17.0. The van der Waals surface area contributed by atoms with Crippen LogP contribution in [0.15, 0.2) is 47.4 Å². The number of aromatic amines is 1. The highest BCUT2D eigenvalue weighted by Gasteiger charge is 2.31. The number of nitrogens with one attached hydrogen (secondary N) is 1. The Morgan fingerprint density at radius 1 is 1.13 bits per heavy atom. The molecular weight excluding hydrogens is 409 g/mol. The fourth-order valence-electron chi connectivity index (χ4n) is 3.44. The van der Waals surface area contributed by atoms with Gasteiger partial charge in [-0.25, -0.2) is 9.97 Å². The van der Waals surface area contributed by atoms with Crippen molar-refractivity contribution in [1.82, 2.24) is 15.0 Å². The van der Waals surface area contributed by atoms with Gasteiger partial charge in [-0.15, -0.1) is 0 Å². The molecule has 9 heteroatoms. The van der Waals surface area contributed by atoms with Crippen LogP contribution in [-0.2, 0) is 10.9 Å². The molecule has 3 aromatic rings. The minimum atomic E-state index is -4.36. The number of aromatic nitrogens is 3. The number of hydrogen-bond acceptors (Lipinski definition) is 5. The second kappa shape index (κ2) is 8.14. The van der Waals surface area contributed by atoms with Gasteiger partial charge in [-0.3, -0.25) is 4.79 Å². The third-order valence-electron chi connectivity index (χ3n) is 5.42. The molecule has 0 amide bonds. The fraction of sp³-hybridized carbons (Fsp3) is 0.318. The van der Waals surface area contributed by atoms with Crippen molar-refractivity contribution in [3.05, 3.63) is 75.3 Å². The van der Waals surface area contributed by atoms with Crippen LogP contribution in [0.5, 0.6) is 0 Å². The van der Waals surface area contributed by atoms with Crippen molar-refractivity contribution in [2.75, 3.05) is 24.6 Å². The molecule has 0 saturated carbocycles. The topological polar surface area (TPSA) is 71.1 Å². The van der Waals surface area contributed by atoms with Crippen LogP contribution < -0.4 is 10.5 Å². The molecule has 3 heterocycles. The first kappa shape index (κ1) is 21.0. The summed E-state index contributed by atoms with van der Waals surface area (Å²) in [4.78, 5) is 25.7. The Morgan fingerprint density at radius 3 is 2.48 bits per heavy atom. The lowest BCUT2D eigenvalue weighted by Gasteiger charge is -2.34. The molecule has 0 bridgehead atoms. The zero-order chi connectivity index (χ0) is 22.2. The molecule has 1 aromatic carbocycles. The van der Waals surface area contributed by atoms with E-state index < -0.39 is 11.7 Å². The van der Waals surface area contributed by atoms with Crippen LogP contribution in [0.3, 0.4) is 0 Å². The maximum atomic E-state index is 12.8. The number of alkyl halides is 3. The monoisotopic (exact) mass is 430 g/mol. The van der Waals surface area contributed by atoms with Crippen LogP contribution in [0, 0.1) is 13.8 Å². The number of hydrogen-bond donors (Lipinski definition) is 1. The van der Waals surface area contributed by atoms with E-state index in [1.165, 1.54) is 12.1 Å². The maximum absolute atomic E-state index is 12.8. The summed E-state index contributed by atoms with van der Waals surface area (Å²) in [6, 6.07) is 8.71. The lowest BCUT2D eigenvalue weighted by atomic mass is 10.1. The summed E-state index contributed by atoms with van der Waals surface area (Å²) >= 11 is 0. The molecule has 0 spiro atoms. The van der Waals surface area contributed by atoms with Crippen LogP contribution in [0.2, 0.25) is 0 Å². The van der Waals surface area contributed by atoms with Gasteiger partial charge in [0.05, 0.1) is 12.2 Å². The molecule has 0 aliphatic carbocycles. The minimum absolute atomic E-state index is 0.181. The molecule has 1 atom stereocenters. The largest absolute Gasteiger partial charge is 0.416 e. The fourth-order valence-corrected chi connectivity index (χ4v) is 3.44. The van der Waals surface area contributed by atoms with Crippen LogP contribution in [0.25, 0.3) is 11.4 Å². The molecule has 1 aliphatic heterocycles. The summed E-state index contributed by atoms with van der Waals surface area (Å²) in [7, 11) is 0. The highest BCUT2D eigenvalue weighted by molar-refractivity contribution is 5.56. The molecule has 1 unspecified atom stereocenters. The Hall–Kier alpha value is -3.20. The number of benzene rings is 1. The first-order valence-corrected chi connectivity index (χ1v) is 9.80. The average molecular weight is 430 g/mol. The van der Waals surface area contributed by atoms with E-state index >= 15 is 0 Å². The highest BCUT2D eigenvalue weighted by atomic mass is 19.4. The SMILES string of the molecule is Cc1nc(-c2ccc(N3CCOC(c4ccc(C(F)(F)F)cc4)C3)nc2)[nH]c(=O)c1C. The average Bonchev–Trinajstić information content (AvgIpc) is 2.77. The lowest BCUT2D eigenvalue weighted by Crippen LogP contribution is -2.38. The van der Waals surface area contributed by atoms with Gasteiger partial charge in [-0.2, -0.15) is 13.2 Å². The molecule has 0 radical (unpaired) electrons. The van der Waals surface area contributed by atoms with Crippen molar-refractivity contribution in [3.8, 4) is 11.4 Å². The molecule has 4 rings (SSSR count). The maximum Gasteiger partial charge on any atom is 0.416 e. The van der Waals surface area contributed by atoms with Gasteiger partial charge < -0.3 is 14.6 Å². The predicted octanol–water partition coefficient (Wildman–Crippen LogP) is 4.05. The van der Waals surface area contributed by atoms with E-state index in [9.17, 15) is 18.0 Å². The van der Waals surface area contributed by atoms with Gasteiger partial charge in [0, 0.05) is 36.1 Å². The van der Waals surface area contributed by atoms with E-state index in [0.29, 0.717) is 47.9 Å². The van der Waals surface area contributed by atoms with E-state index in [1.807, 2.05) is 17.0 Å². The number of anilines is 1. The Labute approximate surface area is 176 Å². The Bertz CT molecular complexity index is 1130. The summed E-state index contributed by atoms with van der Waals surface area (Å²) in [5.74, 6) is 1.17. The summed E-state index contributed by atoms with van der Waals surface area (Å²) in [5.41, 5.74) is 1.76. The summed E-state index contributed by atoms with van der Waals surface area (Å²) in [5, 5.41) is 0. The van der Waals surface area contributed by atoms with Gasteiger partial charge >= 0.3 is 6.18 Å². The molecule has 162 valence electrons. The van der Waals surface area contributed by atoms with Gasteiger partial charge in [0.15, 0.2) is 0 Å².